The lowest BCUT2D eigenvalue weighted by atomic mass is 9.95. The van der Waals surface area contributed by atoms with E-state index in [-0.39, 0.29) is 30.4 Å². The van der Waals surface area contributed by atoms with E-state index >= 15 is 0 Å². The number of benzene rings is 1. The van der Waals surface area contributed by atoms with Gasteiger partial charge >= 0.3 is 12.0 Å². The number of β-amino-alcohol motifs (C(OH)–C–C–N with tert-alkyl or cyclic N) is 1. The smallest absolute Gasteiger partial charge is 0.338 e. The molecule has 3 heterocycles. The first-order valence-corrected chi connectivity index (χ1v) is 10.6. The number of carbonyl (C=O) groups excluding carboxylic acids is 2. The molecule has 2 fully saturated rings. The molecule has 9 nitrogen and oxygen atoms in total. The Kier molecular flexibility index (Phi) is 4.72. The lowest BCUT2D eigenvalue weighted by molar-refractivity contribution is -0.118. The first kappa shape index (κ1) is 19.4. The number of piperidine rings is 1. The second-order valence-corrected chi connectivity index (χ2v) is 8.80. The van der Waals surface area contributed by atoms with Crippen molar-refractivity contribution in [2.24, 2.45) is 17.8 Å². The summed E-state index contributed by atoms with van der Waals surface area (Å²) in [4.78, 5) is 30.5. The molecule has 1 aliphatic carbocycles. The topological polar surface area (TPSA) is 114 Å². The van der Waals surface area contributed by atoms with Gasteiger partial charge in [-0.2, -0.15) is 4.98 Å². The largest absolute Gasteiger partial charge is 0.466 e. The summed E-state index contributed by atoms with van der Waals surface area (Å²) in [6.07, 6.45) is -0.648. The summed E-state index contributed by atoms with van der Waals surface area (Å²) in [5, 5.41) is 14.1. The van der Waals surface area contributed by atoms with Gasteiger partial charge in [0.2, 0.25) is 11.0 Å². The van der Waals surface area contributed by atoms with Crippen LogP contribution in [0, 0.1) is 24.7 Å². The maximum atomic E-state index is 12.5. The number of esters is 1. The molecule has 30 heavy (non-hydrogen) atoms. The van der Waals surface area contributed by atoms with Crippen LogP contribution in [-0.2, 0) is 16.1 Å². The van der Waals surface area contributed by atoms with Crippen LogP contribution < -0.4 is 10.1 Å². The maximum absolute atomic E-state index is 12.5. The van der Waals surface area contributed by atoms with Crippen LogP contribution >= 0.6 is 11.5 Å². The third kappa shape index (κ3) is 3.24. The average molecular weight is 430 g/mol. The van der Waals surface area contributed by atoms with Crippen LogP contribution in [0.15, 0.2) is 12.1 Å². The molecule has 5 rings (SSSR count). The third-order valence-electron chi connectivity index (χ3n) is 6.39. The van der Waals surface area contributed by atoms with Gasteiger partial charge in [0, 0.05) is 42.6 Å². The summed E-state index contributed by atoms with van der Waals surface area (Å²) in [5.74, 6) is 0.268. The number of methoxy groups -OCH3 is 1. The van der Waals surface area contributed by atoms with Crippen molar-refractivity contribution < 1.29 is 24.2 Å². The molecule has 1 saturated heterocycles. The van der Waals surface area contributed by atoms with Gasteiger partial charge in [-0.05, 0) is 36.0 Å². The zero-order chi connectivity index (χ0) is 21.0. The van der Waals surface area contributed by atoms with E-state index in [9.17, 15) is 14.7 Å². The van der Waals surface area contributed by atoms with E-state index in [4.69, 9.17) is 9.47 Å². The second-order valence-electron chi connectivity index (χ2n) is 8.05. The standard InChI is InChI=1S/C20H22N4O5S/c1-9-10(3-4-11-14(9)8-29-18(11)27)15(25)7-24-5-12-13(6-24)16(12)17(26)21-20-22-19(28-2)23-30-20/h3-4,12-13,15-16,25H,5-8H2,1-2H3,(H,21,22,23,26). The number of ether oxygens (including phenoxy) is 2. The van der Waals surface area contributed by atoms with Gasteiger partial charge in [-0.3, -0.25) is 9.69 Å². The monoisotopic (exact) mass is 430 g/mol. The highest BCUT2D eigenvalue weighted by atomic mass is 32.1. The molecule has 0 spiro atoms. The number of amides is 1. The maximum Gasteiger partial charge on any atom is 0.338 e. The summed E-state index contributed by atoms with van der Waals surface area (Å²) in [6, 6.07) is 3.80. The van der Waals surface area contributed by atoms with Gasteiger partial charge < -0.3 is 19.9 Å². The number of rotatable bonds is 6. The first-order valence-electron chi connectivity index (χ1n) is 9.84. The van der Waals surface area contributed by atoms with E-state index in [1.165, 1.54) is 7.11 Å². The Morgan fingerprint density at radius 1 is 1.43 bits per heavy atom. The minimum Gasteiger partial charge on any atom is -0.466 e. The number of nitrogens with zero attached hydrogens (tertiary/aromatic N) is 3. The minimum absolute atomic E-state index is 0.0156. The Balaban J connectivity index is 1.16. The van der Waals surface area contributed by atoms with Gasteiger partial charge in [-0.15, -0.1) is 4.37 Å². The lowest BCUT2D eigenvalue weighted by Gasteiger charge is -2.24. The van der Waals surface area contributed by atoms with Crippen molar-refractivity contribution in [3.63, 3.8) is 0 Å². The molecule has 0 bridgehead atoms. The van der Waals surface area contributed by atoms with Crippen LogP contribution in [0.5, 0.6) is 6.01 Å². The van der Waals surface area contributed by atoms with Crippen molar-refractivity contribution in [1.82, 2.24) is 14.3 Å². The molecule has 1 aromatic carbocycles. The van der Waals surface area contributed by atoms with Crippen LogP contribution in [0.1, 0.15) is 33.2 Å². The van der Waals surface area contributed by atoms with E-state index in [0.29, 0.717) is 29.1 Å². The normalized spacial score (nSPS) is 25.4. The van der Waals surface area contributed by atoms with Gasteiger partial charge in [-0.25, -0.2) is 4.79 Å². The molecule has 1 aromatic heterocycles. The van der Waals surface area contributed by atoms with Crippen molar-refractivity contribution >= 4 is 28.5 Å². The number of anilines is 1. The number of aliphatic hydroxyl groups excluding tert-OH is 1. The summed E-state index contributed by atoms with van der Waals surface area (Å²) in [7, 11) is 1.49. The molecule has 3 aliphatic rings. The number of carbonyl (C=O) groups is 2. The van der Waals surface area contributed by atoms with Crippen LogP contribution in [0.2, 0.25) is 0 Å². The highest BCUT2D eigenvalue weighted by Gasteiger charge is 2.59. The molecular weight excluding hydrogens is 408 g/mol. The van der Waals surface area contributed by atoms with Crippen LogP contribution in [0.3, 0.4) is 0 Å². The third-order valence-corrected chi connectivity index (χ3v) is 7.00. The number of hydrogen-bond donors (Lipinski definition) is 2. The summed E-state index contributed by atoms with van der Waals surface area (Å²) >= 11 is 1.10. The number of aromatic nitrogens is 2. The number of likely N-dealkylation sites (tertiary alicyclic amines) is 1. The summed E-state index contributed by atoms with van der Waals surface area (Å²) < 4.78 is 14.0. The lowest BCUT2D eigenvalue weighted by Crippen LogP contribution is -2.32. The van der Waals surface area contributed by atoms with E-state index in [2.05, 4.69) is 19.6 Å². The predicted molar refractivity (Wildman–Crippen MR) is 107 cm³/mol. The van der Waals surface area contributed by atoms with Crippen LogP contribution in [0.4, 0.5) is 5.13 Å². The average Bonchev–Trinajstić information content (AvgIpc) is 3.11. The molecule has 2 aliphatic heterocycles. The molecule has 3 unspecified atom stereocenters. The van der Waals surface area contributed by atoms with Gasteiger partial charge in [0.05, 0.1) is 18.8 Å². The highest BCUT2D eigenvalue weighted by molar-refractivity contribution is 7.10. The quantitative estimate of drug-likeness (QED) is 0.661. The highest BCUT2D eigenvalue weighted by Crippen LogP contribution is 2.52. The van der Waals surface area contributed by atoms with Crippen molar-refractivity contribution in [3.8, 4) is 6.01 Å². The molecule has 1 amide bonds. The molecule has 2 N–H and O–H groups in total. The van der Waals surface area contributed by atoms with Crippen molar-refractivity contribution in [2.45, 2.75) is 19.6 Å². The van der Waals surface area contributed by atoms with E-state index in [1.807, 2.05) is 13.0 Å². The molecule has 2 aromatic rings. The predicted octanol–water partition coefficient (Wildman–Crippen LogP) is 1.38. The van der Waals surface area contributed by atoms with Crippen LogP contribution in [-0.4, -0.2) is 58.0 Å². The zero-order valence-electron chi connectivity index (χ0n) is 16.6. The van der Waals surface area contributed by atoms with Gasteiger partial charge in [0.1, 0.15) is 6.61 Å². The van der Waals surface area contributed by atoms with E-state index in [1.54, 1.807) is 6.07 Å². The second kappa shape index (κ2) is 7.29. The fraction of sp³-hybridized carbons (Fsp3) is 0.500. The molecule has 10 heteroatoms. The van der Waals surface area contributed by atoms with Crippen molar-refractivity contribution in [3.05, 3.63) is 34.4 Å². The Labute approximate surface area is 177 Å². The Morgan fingerprint density at radius 3 is 2.90 bits per heavy atom. The minimum atomic E-state index is -0.648. The Hall–Kier alpha value is -2.56. The molecular formula is C20H22N4O5S. The zero-order valence-corrected chi connectivity index (χ0v) is 17.4. The molecule has 3 atom stereocenters. The molecule has 1 saturated carbocycles. The Bertz CT molecular complexity index is 1010. The van der Waals surface area contributed by atoms with Crippen LogP contribution in [0.25, 0.3) is 0 Å². The number of nitrogens with one attached hydrogen (secondary N) is 1. The SMILES string of the molecule is COc1nsc(NC(=O)C2C3CN(CC(O)c4ccc5c(c4C)COC5=O)CC32)n1. The number of fused-ring (bicyclic) bond motifs is 2. The number of hydrogen-bond acceptors (Lipinski definition) is 9. The Morgan fingerprint density at radius 2 is 2.20 bits per heavy atom. The van der Waals surface area contributed by atoms with Crippen molar-refractivity contribution in [2.75, 3.05) is 32.1 Å². The number of cyclic esters (lactones) is 1. The molecule has 158 valence electrons. The van der Waals surface area contributed by atoms with Gasteiger partial charge in [0.25, 0.3) is 0 Å². The van der Waals surface area contributed by atoms with Gasteiger partial charge in [-0.1, -0.05) is 6.07 Å². The number of aliphatic hydroxyl groups is 1. The molecule has 0 radical (unpaired) electrons. The summed E-state index contributed by atoms with van der Waals surface area (Å²) in [5.41, 5.74) is 3.20. The fourth-order valence-electron chi connectivity index (χ4n) is 4.76. The summed E-state index contributed by atoms with van der Waals surface area (Å²) in [6.45, 7) is 4.26. The first-order chi connectivity index (χ1) is 14.5. The van der Waals surface area contributed by atoms with E-state index < -0.39 is 6.10 Å². The fourth-order valence-corrected chi connectivity index (χ4v) is 5.30. The van der Waals surface area contributed by atoms with E-state index in [0.717, 1.165) is 41.3 Å². The van der Waals surface area contributed by atoms with Gasteiger partial charge in [0.15, 0.2) is 0 Å². The van der Waals surface area contributed by atoms with Crippen molar-refractivity contribution in [1.29, 1.82) is 0 Å².